The molecule has 0 aromatic rings. The molecule has 62 valence electrons. The predicted molar refractivity (Wildman–Crippen MR) is 32.6 cm³/mol. The third-order valence-electron chi connectivity index (χ3n) is 0.964. The zero-order valence-corrected chi connectivity index (χ0v) is 5.40. The van der Waals surface area contributed by atoms with E-state index in [-0.39, 0.29) is 0 Å². The van der Waals surface area contributed by atoms with Gasteiger partial charge >= 0.3 is 5.92 Å². The maximum Gasteiger partial charge on any atom is 0.617 e. The fraction of sp³-hybridized carbons (Fsp3) is 0.500. The molecule has 0 bridgehead atoms. The van der Waals surface area contributed by atoms with E-state index in [1.807, 2.05) is 0 Å². The number of nitrogens with zero attached hydrogens (tertiary/aromatic N) is 2. The molecule has 7 heteroatoms. The van der Waals surface area contributed by atoms with Crippen molar-refractivity contribution in [1.29, 1.82) is 0 Å². The quantitative estimate of drug-likeness (QED) is 0.201. The largest absolute Gasteiger partial charge is 0.617 e. The summed E-state index contributed by atoms with van der Waals surface area (Å²) < 4.78 is 12.6. The Balaban J connectivity index is 4.65. The van der Waals surface area contributed by atoms with E-state index >= 15 is 0 Å². The molecule has 0 N–H and O–H groups in total. The summed E-state index contributed by atoms with van der Waals surface area (Å²) in [5.41, 5.74) is 0. The normalized spacial score (nSPS) is 10.6. The van der Waals surface area contributed by atoms with Gasteiger partial charge in [0.25, 0.3) is 0 Å². The summed E-state index contributed by atoms with van der Waals surface area (Å²) >= 11 is 0. The second-order valence-corrected chi connectivity index (χ2v) is 1.73. The third kappa shape index (κ3) is 1.69. The Labute approximate surface area is 60.6 Å². The van der Waals surface area contributed by atoms with Gasteiger partial charge in [0.2, 0.25) is 0 Å². The Hall–Kier alpha value is -1.53. The zero-order valence-electron chi connectivity index (χ0n) is 5.40. The molecule has 0 saturated carbocycles. The smallest absolute Gasteiger partial charge is 0.256 e. The van der Waals surface area contributed by atoms with Crippen molar-refractivity contribution in [3.8, 4) is 0 Å². The van der Waals surface area contributed by atoms with E-state index in [0.717, 1.165) is 6.08 Å². The first-order valence-electron chi connectivity index (χ1n) is 2.54. The monoisotopic (exact) mass is 164 g/mol. The van der Waals surface area contributed by atoms with Crippen molar-refractivity contribution in [1.82, 2.24) is 0 Å². The summed E-state index contributed by atoms with van der Waals surface area (Å²) in [5.74, 6) is -3.62. The second-order valence-electron chi connectivity index (χ2n) is 1.73. The number of halogens is 1. The third-order valence-corrected chi connectivity index (χ3v) is 0.964. The number of nitro groups is 2. The SMILES string of the molecule is C=CCC(F)([N+](=O)[O-])[N+](=O)[O-]. The van der Waals surface area contributed by atoms with Crippen LogP contribution in [0, 0.1) is 20.2 Å². The van der Waals surface area contributed by atoms with E-state index in [0.29, 0.717) is 0 Å². The van der Waals surface area contributed by atoms with Gasteiger partial charge in [-0.25, -0.2) is 0 Å². The molecule has 0 saturated heterocycles. The molecule has 0 atom stereocenters. The molecule has 0 spiro atoms. The van der Waals surface area contributed by atoms with Crippen molar-refractivity contribution in [3.05, 3.63) is 32.9 Å². The maximum absolute atomic E-state index is 12.6. The van der Waals surface area contributed by atoms with Crippen LogP contribution in [0.25, 0.3) is 0 Å². The first-order valence-corrected chi connectivity index (χ1v) is 2.54. The van der Waals surface area contributed by atoms with Crippen LogP contribution in [-0.2, 0) is 0 Å². The van der Waals surface area contributed by atoms with Crippen LogP contribution >= 0.6 is 0 Å². The van der Waals surface area contributed by atoms with Crippen LogP contribution in [-0.4, -0.2) is 15.8 Å². The van der Waals surface area contributed by atoms with Crippen LogP contribution in [0.5, 0.6) is 0 Å². The molecule has 0 aromatic heterocycles. The highest BCUT2D eigenvalue weighted by molar-refractivity contribution is 4.71. The molecule has 6 nitrogen and oxygen atoms in total. The lowest BCUT2D eigenvalue weighted by Gasteiger charge is -2.03. The summed E-state index contributed by atoms with van der Waals surface area (Å²) in [5, 5.41) is 19.6. The summed E-state index contributed by atoms with van der Waals surface area (Å²) in [7, 11) is 0. The van der Waals surface area contributed by atoms with Crippen molar-refractivity contribution in [2.45, 2.75) is 12.3 Å². The molecule has 0 amide bonds. The Morgan fingerprint density at radius 1 is 1.45 bits per heavy atom. The van der Waals surface area contributed by atoms with Gasteiger partial charge in [-0.2, -0.15) is 0 Å². The van der Waals surface area contributed by atoms with E-state index in [1.165, 1.54) is 0 Å². The molecule has 11 heavy (non-hydrogen) atoms. The fourth-order valence-electron chi connectivity index (χ4n) is 0.399. The van der Waals surface area contributed by atoms with E-state index in [1.54, 1.807) is 0 Å². The fourth-order valence-corrected chi connectivity index (χ4v) is 0.399. The van der Waals surface area contributed by atoms with Gasteiger partial charge in [-0.05, 0) is 0 Å². The van der Waals surface area contributed by atoms with Gasteiger partial charge in [0.05, 0.1) is 0 Å². The molecule has 0 aliphatic carbocycles. The molecule has 0 unspecified atom stereocenters. The van der Waals surface area contributed by atoms with Crippen LogP contribution in [0.3, 0.4) is 0 Å². The highest BCUT2D eigenvalue weighted by Gasteiger charge is 2.56. The molecule has 0 aromatic carbocycles. The topological polar surface area (TPSA) is 86.3 Å². The van der Waals surface area contributed by atoms with Crippen molar-refractivity contribution in [2.24, 2.45) is 0 Å². The first kappa shape index (κ1) is 9.47. The number of hydrogen-bond donors (Lipinski definition) is 0. The van der Waals surface area contributed by atoms with Gasteiger partial charge in [0.15, 0.2) is 0 Å². The van der Waals surface area contributed by atoms with Crippen molar-refractivity contribution < 1.29 is 14.2 Å². The average Bonchev–Trinajstić information content (AvgIpc) is 1.87. The first-order chi connectivity index (χ1) is 4.95. The number of hydrogen-bond acceptors (Lipinski definition) is 4. The molecular weight excluding hydrogens is 159 g/mol. The minimum atomic E-state index is -3.62. The molecule has 0 radical (unpaired) electrons. The van der Waals surface area contributed by atoms with Crippen LogP contribution in [0.1, 0.15) is 6.42 Å². The van der Waals surface area contributed by atoms with Crippen molar-refractivity contribution in [3.63, 3.8) is 0 Å². The molecule has 0 aliphatic rings. The van der Waals surface area contributed by atoms with Gasteiger partial charge < -0.3 is 0 Å². The summed E-state index contributed by atoms with van der Waals surface area (Å²) in [4.78, 5) is 16.4. The Bertz CT molecular complexity index is 190. The lowest BCUT2D eigenvalue weighted by atomic mass is 10.3. The van der Waals surface area contributed by atoms with E-state index in [2.05, 4.69) is 6.58 Å². The second kappa shape index (κ2) is 3.04. The van der Waals surface area contributed by atoms with Gasteiger partial charge in [-0.15, -0.1) is 6.58 Å². The summed E-state index contributed by atoms with van der Waals surface area (Å²) in [6.45, 7) is 2.96. The molecule has 0 fully saturated rings. The van der Waals surface area contributed by atoms with Crippen molar-refractivity contribution >= 4 is 0 Å². The Morgan fingerprint density at radius 3 is 1.91 bits per heavy atom. The van der Waals surface area contributed by atoms with Gasteiger partial charge in [0, 0.05) is 0 Å². The molecule has 0 heterocycles. The van der Waals surface area contributed by atoms with Gasteiger partial charge in [0.1, 0.15) is 16.3 Å². The Morgan fingerprint density at radius 2 is 1.82 bits per heavy atom. The van der Waals surface area contributed by atoms with Crippen LogP contribution < -0.4 is 0 Å². The maximum atomic E-state index is 12.6. The highest BCUT2D eigenvalue weighted by atomic mass is 19.2. The minimum absolute atomic E-state index is 0.783. The standard InChI is InChI=1S/C4H5FN2O4/c1-2-3-4(5,6(8)9)7(10)11/h2H,1,3H2. The molecule has 0 rings (SSSR count). The van der Waals surface area contributed by atoms with E-state index < -0.39 is 22.2 Å². The van der Waals surface area contributed by atoms with Gasteiger partial charge in [-0.1, -0.05) is 10.5 Å². The minimum Gasteiger partial charge on any atom is -0.256 e. The average molecular weight is 164 g/mol. The number of alkyl halides is 1. The van der Waals surface area contributed by atoms with E-state index in [9.17, 15) is 24.6 Å². The number of rotatable bonds is 4. The lowest BCUT2D eigenvalue weighted by molar-refractivity contribution is -0.830. The highest BCUT2D eigenvalue weighted by Crippen LogP contribution is 2.17. The van der Waals surface area contributed by atoms with Crippen LogP contribution in [0.2, 0.25) is 0 Å². The van der Waals surface area contributed by atoms with Crippen LogP contribution in [0.15, 0.2) is 12.7 Å². The molecular formula is C4H5FN2O4. The van der Waals surface area contributed by atoms with E-state index in [4.69, 9.17) is 0 Å². The Kier molecular flexibility index (Phi) is 2.62. The summed E-state index contributed by atoms with van der Waals surface area (Å²) in [6, 6.07) is 0. The van der Waals surface area contributed by atoms with Crippen LogP contribution in [0.4, 0.5) is 4.39 Å². The molecule has 0 aliphatic heterocycles. The lowest BCUT2D eigenvalue weighted by Crippen LogP contribution is -2.41. The van der Waals surface area contributed by atoms with Crippen molar-refractivity contribution in [2.75, 3.05) is 0 Å². The van der Waals surface area contributed by atoms with Gasteiger partial charge in [-0.3, -0.25) is 20.2 Å². The summed E-state index contributed by atoms with van der Waals surface area (Å²) in [6.07, 6.45) is -0.154. The zero-order chi connectivity index (χ0) is 9.07. The predicted octanol–water partition coefficient (Wildman–Crippen LogP) is 0.739.